The zero-order chi connectivity index (χ0) is 30.9. The molecule has 0 aromatic rings. The van der Waals surface area contributed by atoms with Crippen molar-refractivity contribution in [2.24, 2.45) is 34.8 Å². The molecule has 1 heterocycles. The molecule has 244 valence electrons. The third kappa shape index (κ3) is 9.58. The van der Waals surface area contributed by atoms with Gasteiger partial charge >= 0.3 is 5.97 Å². The number of aliphatic carboxylic acids is 1. The summed E-state index contributed by atoms with van der Waals surface area (Å²) in [5, 5.41) is 46.4. The fourth-order valence-corrected chi connectivity index (χ4v) is 8.90. The minimum atomic E-state index is -0.956. The zero-order valence-corrected chi connectivity index (χ0v) is 26.7. The van der Waals surface area contributed by atoms with E-state index in [4.69, 9.17) is 5.73 Å². The first-order chi connectivity index (χ1) is 20.6. The van der Waals surface area contributed by atoms with Crippen molar-refractivity contribution in [2.75, 3.05) is 6.54 Å². The van der Waals surface area contributed by atoms with Crippen molar-refractivity contribution in [3.05, 3.63) is 35.7 Å². The molecule has 0 radical (unpaired) electrons. The summed E-state index contributed by atoms with van der Waals surface area (Å²) in [4.78, 5) is 12.1. The van der Waals surface area contributed by atoms with Gasteiger partial charge in [-0.2, -0.15) is 0 Å². The van der Waals surface area contributed by atoms with E-state index in [1.165, 1.54) is 37.7 Å². The average Bonchev–Trinajstić information content (AvgIpc) is 3.54. The normalized spacial score (nSPS) is 31.4. The van der Waals surface area contributed by atoms with Crippen molar-refractivity contribution in [2.45, 2.75) is 147 Å². The molecule has 0 aromatic heterocycles. The molecule has 1 spiro atoms. The second-order valence-corrected chi connectivity index (χ2v) is 14.6. The largest absolute Gasteiger partial charge is 0.481 e. The lowest BCUT2D eigenvalue weighted by molar-refractivity contribution is -0.146. The van der Waals surface area contributed by atoms with Gasteiger partial charge in [0.15, 0.2) is 0 Å². The van der Waals surface area contributed by atoms with E-state index in [9.17, 15) is 25.2 Å². The van der Waals surface area contributed by atoms with Crippen LogP contribution in [0.25, 0.3) is 0 Å². The van der Waals surface area contributed by atoms with Crippen molar-refractivity contribution in [1.29, 1.82) is 0 Å². The molecule has 4 aliphatic rings. The standard InChI is InChI=1S/C36H60N2O5/c1-2-3-5-10-26-13-14-28(32(40)22-26)11-6-4-7-12-30(34(41)42)31(39)15-19-36(43)24-29(35(25-36)17-8-9-18-35)21-27-16-20-38-33(37)23-27/h13-14,16,23,26,28-32,38-40,43H,2-12,15,17-22,24-25,37H2,1H3,(H,41,42). The summed E-state index contributed by atoms with van der Waals surface area (Å²) >= 11 is 0. The number of aliphatic hydroxyl groups is 3. The van der Waals surface area contributed by atoms with E-state index in [0.717, 1.165) is 70.8 Å². The van der Waals surface area contributed by atoms with Crippen molar-refractivity contribution in [1.82, 2.24) is 5.32 Å². The molecule has 2 fully saturated rings. The number of carboxylic acids is 1. The van der Waals surface area contributed by atoms with Crippen LogP contribution in [0.2, 0.25) is 0 Å². The van der Waals surface area contributed by atoms with Gasteiger partial charge in [0, 0.05) is 12.5 Å². The number of carbonyl (C=O) groups is 1. The summed E-state index contributed by atoms with van der Waals surface area (Å²) in [6.45, 7) is 2.95. The molecule has 2 saturated carbocycles. The van der Waals surface area contributed by atoms with Crippen LogP contribution in [0, 0.1) is 29.1 Å². The highest BCUT2D eigenvalue weighted by Gasteiger charge is 2.54. The predicted molar refractivity (Wildman–Crippen MR) is 172 cm³/mol. The molecule has 7 unspecified atom stereocenters. The minimum absolute atomic E-state index is 0.136. The van der Waals surface area contributed by atoms with Gasteiger partial charge in [-0.1, -0.05) is 76.5 Å². The Morgan fingerprint density at radius 2 is 1.86 bits per heavy atom. The lowest BCUT2D eigenvalue weighted by Crippen LogP contribution is -2.33. The maximum atomic E-state index is 12.1. The minimum Gasteiger partial charge on any atom is -0.481 e. The van der Waals surface area contributed by atoms with Crippen LogP contribution < -0.4 is 11.1 Å². The number of nitrogens with two attached hydrogens (primary N) is 1. The Kier molecular flexibility index (Phi) is 12.6. The lowest BCUT2D eigenvalue weighted by Gasteiger charge is -2.32. The van der Waals surface area contributed by atoms with Crippen LogP contribution in [-0.4, -0.2) is 50.7 Å². The molecule has 0 aromatic carbocycles. The number of carboxylic acid groups (broad SMARTS) is 1. The molecule has 1 aliphatic heterocycles. The van der Waals surface area contributed by atoms with E-state index in [1.807, 2.05) is 6.08 Å². The Morgan fingerprint density at radius 1 is 1.09 bits per heavy atom. The first-order valence-electron chi connectivity index (χ1n) is 17.5. The first-order valence-corrected chi connectivity index (χ1v) is 17.5. The number of allylic oxidation sites excluding steroid dienone is 3. The monoisotopic (exact) mass is 600 g/mol. The van der Waals surface area contributed by atoms with Crippen molar-refractivity contribution in [3.63, 3.8) is 0 Å². The molecule has 43 heavy (non-hydrogen) atoms. The maximum Gasteiger partial charge on any atom is 0.309 e. The summed E-state index contributed by atoms with van der Waals surface area (Å²) < 4.78 is 0. The van der Waals surface area contributed by atoms with E-state index < -0.39 is 23.6 Å². The number of unbranched alkanes of at least 4 members (excludes halogenated alkanes) is 4. The van der Waals surface area contributed by atoms with Crippen molar-refractivity contribution < 1.29 is 25.2 Å². The van der Waals surface area contributed by atoms with Gasteiger partial charge in [0.05, 0.1) is 29.5 Å². The zero-order valence-electron chi connectivity index (χ0n) is 26.7. The Balaban J connectivity index is 1.21. The lowest BCUT2D eigenvalue weighted by atomic mass is 9.73. The van der Waals surface area contributed by atoms with Gasteiger partial charge in [0.1, 0.15) is 0 Å². The van der Waals surface area contributed by atoms with Crippen LogP contribution in [0.1, 0.15) is 129 Å². The van der Waals surface area contributed by atoms with Crippen LogP contribution >= 0.6 is 0 Å². The number of rotatable bonds is 17. The smallest absolute Gasteiger partial charge is 0.309 e. The fourth-order valence-electron chi connectivity index (χ4n) is 8.90. The summed E-state index contributed by atoms with van der Waals surface area (Å²) in [6.07, 6.45) is 25.0. The number of hydrogen-bond donors (Lipinski definition) is 6. The molecule has 4 rings (SSSR count). The number of aliphatic hydroxyl groups excluding tert-OH is 2. The first kappa shape index (κ1) is 34.1. The van der Waals surface area contributed by atoms with E-state index in [0.29, 0.717) is 43.3 Å². The highest BCUT2D eigenvalue weighted by molar-refractivity contribution is 5.70. The Labute approximate surface area is 260 Å². The molecule has 0 amide bonds. The molecular weight excluding hydrogens is 540 g/mol. The van der Waals surface area contributed by atoms with Crippen LogP contribution in [0.3, 0.4) is 0 Å². The molecular formula is C36H60N2O5. The van der Waals surface area contributed by atoms with Crippen molar-refractivity contribution >= 4 is 5.97 Å². The number of nitrogens with one attached hydrogen (secondary N) is 1. The van der Waals surface area contributed by atoms with Crippen LogP contribution in [0.4, 0.5) is 0 Å². The van der Waals surface area contributed by atoms with Gasteiger partial charge in [-0.3, -0.25) is 4.79 Å². The SMILES string of the molecule is CCCCCC1C=CC(CCCCCC(C(=O)O)C(O)CCC2(O)CC(CC3=CCNC(N)=C3)C3(CCCC3)C2)C(O)C1. The summed E-state index contributed by atoms with van der Waals surface area (Å²) in [5.74, 6) is 0.0168. The molecule has 7 N–H and O–H groups in total. The van der Waals surface area contributed by atoms with Gasteiger partial charge in [-0.05, 0) is 99.5 Å². The summed E-state index contributed by atoms with van der Waals surface area (Å²) in [5.41, 5.74) is 6.53. The maximum absolute atomic E-state index is 12.1. The predicted octanol–water partition coefficient (Wildman–Crippen LogP) is 6.33. The van der Waals surface area contributed by atoms with Crippen LogP contribution in [0.5, 0.6) is 0 Å². The van der Waals surface area contributed by atoms with Gasteiger partial charge in [0.25, 0.3) is 0 Å². The quantitative estimate of drug-likeness (QED) is 0.0848. The van der Waals surface area contributed by atoms with E-state index >= 15 is 0 Å². The molecule has 3 aliphatic carbocycles. The van der Waals surface area contributed by atoms with Crippen LogP contribution in [-0.2, 0) is 4.79 Å². The Morgan fingerprint density at radius 3 is 2.56 bits per heavy atom. The fraction of sp³-hybridized carbons (Fsp3) is 0.806. The summed E-state index contributed by atoms with van der Waals surface area (Å²) in [6, 6.07) is 0. The van der Waals surface area contributed by atoms with E-state index in [-0.39, 0.29) is 17.4 Å². The van der Waals surface area contributed by atoms with Crippen LogP contribution in [0.15, 0.2) is 35.7 Å². The second-order valence-electron chi connectivity index (χ2n) is 14.6. The number of dihydropyridines is 1. The average molecular weight is 601 g/mol. The third-order valence-corrected chi connectivity index (χ3v) is 11.4. The Hall–Kier alpha value is -1.83. The van der Waals surface area contributed by atoms with Gasteiger partial charge in [-0.25, -0.2) is 0 Å². The molecule has 7 atom stereocenters. The van der Waals surface area contributed by atoms with E-state index in [2.05, 4.69) is 30.5 Å². The highest BCUT2D eigenvalue weighted by atomic mass is 16.4. The molecule has 7 nitrogen and oxygen atoms in total. The highest BCUT2D eigenvalue weighted by Crippen LogP contribution is 2.60. The summed E-state index contributed by atoms with van der Waals surface area (Å²) in [7, 11) is 0. The van der Waals surface area contributed by atoms with Crippen molar-refractivity contribution in [3.8, 4) is 0 Å². The van der Waals surface area contributed by atoms with Gasteiger partial charge in [0.2, 0.25) is 0 Å². The van der Waals surface area contributed by atoms with Gasteiger partial charge in [-0.15, -0.1) is 0 Å². The topological polar surface area (TPSA) is 136 Å². The van der Waals surface area contributed by atoms with Gasteiger partial charge < -0.3 is 31.5 Å². The second kappa shape index (κ2) is 15.9. The van der Waals surface area contributed by atoms with E-state index in [1.54, 1.807) is 0 Å². The molecule has 0 bridgehead atoms. The third-order valence-electron chi connectivity index (χ3n) is 11.4. The molecule has 0 saturated heterocycles. The Bertz CT molecular complexity index is 986. The molecule has 7 heteroatoms. The number of hydrogen-bond acceptors (Lipinski definition) is 6.